The molecule has 1 saturated carbocycles. The van der Waals surface area contributed by atoms with Crippen LogP contribution in [0.25, 0.3) is 0 Å². The Kier molecular flexibility index (Phi) is 15.2. The summed E-state index contributed by atoms with van der Waals surface area (Å²) in [4.78, 5) is 35.1. The summed E-state index contributed by atoms with van der Waals surface area (Å²) in [5, 5.41) is 8.96. The minimum absolute atomic E-state index is 0.181. The van der Waals surface area contributed by atoms with Gasteiger partial charge in [0.15, 0.2) is 0 Å². The van der Waals surface area contributed by atoms with Crippen LogP contribution in [-0.2, 0) is 23.7 Å². The molecule has 0 radical (unpaired) electrons. The molecule has 0 saturated heterocycles. The van der Waals surface area contributed by atoms with Crippen molar-refractivity contribution in [2.24, 2.45) is 11.8 Å². The van der Waals surface area contributed by atoms with E-state index < -0.39 is 36.8 Å². The molecule has 9 heteroatoms. The second-order valence-electron chi connectivity index (χ2n) is 9.88. The summed E-state index contributed by atoms with van der Waals surface area (Å²) in [5.74, 6) is 1.31. The first-order valence-corrected chi connectivity index (χ1v) is 12.7. The van der Waals surface area contributed by atoms with E-state index in [1.165, 1.54) is 0 Å². The lowest BCUT2D eigenvalue weighted by Gasteiger charge is -2.32. The van der Waals surface area contributed by atoms with Gasteiger partial charge in [-0.2, -0.15) is 0 Å². The van der Waals surface area contributed by atoms with E-state index in [9.17, 15) is 14.4 Å². The normalized spacial score (nSPS) is 20.1. The van der Waals surface area contributed by atoms with Gasteiger partial charge in [-0.25, -0.2) is 14.4 Å². The van der Waals surface area contributed by atoms with Crippen LogP contribution in [0.1, 0.15) is 98.3 Å². The zero-order valence-corrected chi connectivity index (χ0v) is 21.3. The summed E-state index contributed by atoms with van der Waals surface area (Å²) in [6.07, 6.45) is 3.32. The van der Waals surface area contributed by atoms with Crippen molar-refractivity contribution < 1.29 is 43.2 Å². The van der Waals surface area contributed by atoms with E-state index in [0.29, 0.717) is 11.8 Å². The molecule has 2 unspecified atom stereocenters. The minimum atomic E-state index is -1.43. The van der Waals surface area contributed by atoms with Gasteiger partial charge in [0.05, 0.1) is 13.2 Å². The maximum atomic E-state index is 12.0. The van der Waals surface area contributed by atoms with Crippen LogP contribution in [0.5, 0.6) is 0 Å². The SMILES string of the molecule is CC(C)CCCCCOC(=O)OC1CC(OC(=O)O)CC(OC(=O)OCCCCCC(C)C)C1. The Morgan fingerprint density at radius 2 is 1.03 bits per heavy atom. The Morgan fingerprint density at radius 1 is 0.647 bits per heavy atom. The molecule has 1 aliphatic carbocycles. The van der Waals surface area contributed by atoms with Crippen LogP contribution in [0.15, 0.2) is 0 Å². The number of rotatable bonds is 15. The number of hydrogen-bond acceptors (Lipinski definition) is 8. The third kappa shape index (κ3) is 15.6. The molecular weight excluding hydrogens is 444 g/mol. The van der Waals surface area contributed by atoms with Gasteiger partial charge < -0.3 is 28.8 Å². The molecule has 0 aromatic rings. The lowest BCUT2D eigenvalue weighted by Crippen LogP contribution is -2.40. The van der Waals surface area contributed by atoms with Crippen molar-refractivity contribution in [2.75, 3.05) is 13.2 Å². The van der Waals surface area contributed by atoms with E-state index >= 15 is 0 Å². The second-order valence-corrected chi connectivity index (χ2v) is 9.88. The molecule has 0 aromatic carbocycles. The van der Waals surface area contributed by atoms with Crippen molar-refractivity contribution >= 4 is 18.5 Å². The Labute approximate surface area is 203 Å². The molecule has 198 valence electrons. The van der Waals surface area contributed by atoms with Crippen LogP contribution in [-0.4, -0.2) is 55.1 Å². The van der Waals surface area contributed by atoms with E-state index in [1.54, 1.807) is 0 Å². The van der Waals surface area contributed by atoms with Gasteiger partial charge in [-0.15, -0.1) is 0 Å². The highest BCUT2D eigenvalue weighted by atomic mass is 16.7. The fraction of sp³-hybridized carbons (Fsp3) is 0.880. The molecule has 0 heterocycles. The first-order chi connectivity index (χ1) is 16.2. The van der Waals surface area contributed by atoms with Crippen molar-refractivity contribution in [3.8, 4) is 0 Å². The van der Waals surface area contributed by atoms with Crippen LogP contribution < -0.4 is 0 Å². The molecule has 0 aliphatic heterocycles. The summed E-state index contributed by atoms with van der Waals surface area (Å²) < 4.78 is 25.8. The fourth-order valence-electron chi connectivity index (χ4n) is 3.91. The van der Waals surface area contributed by atoms with Gasteiger partial charge in [-0.1, -0.05) is 66.2 Å². The quantitative estimate of drug-likeness (QED) is 0.152. The number of carbonyl (C=O) groups excluding carboxylic acids is 2. The Hall–Kier alpha value is -2.19. The number of ether oxygens (including phenoxy) is 5. The number of unbranched alkanes of at least 4 members (excludes halogenated alkanes) is 4. The molecule has 0 aromatic heterocycles. The van der Waals surface area contributed by atoms with Gasteiger partial charge in [-0.3, -0.25) is 0 Å². The van der Waals surface area contributed by atoms with Gasteiger partial charge in [-0.05, 0) is 24.7 Å². The van der Waals surface area contributed by atoms with Gasteiger partial charge in [0.25, 0.3) is 0 Å². The molecule has 0 amide bonds. The number of carbonyl (C=O) groups is 3. The predicted octanol–water partition coefficient (Wildman–Crippen LogP) is 6.71. The Bertz CT molecular complexity index is 549. The molecule has 0 spiro atoms. The number of carboxylic acid groups (broad SMARTS) is 1. The number of hydrogen-bond donors (Lipinski definition) is 1. The molecule has 34 heavy (non-hydrogen) atoms. The summed E-state index contributed by atoms with van der Waals surface area (Å²) in [6, 6.07) is 0. The zero-order valence-electron chi connectivity index (χ0n) is 21.3. The van der Waals surface area contributed by atoms with Crippen molar-refractivity contribution in [3.05, 3.63) is 0 Å². The predicted molar refractivity (Wildman–Crippen MR) is 126 cm³/mol. The smallest absolute Gasteiger partial charge is 0.450 e. The van der Waals surface area contributed by atoms with Crippen LogP contribution in [0.4, 0.5) is 14.4 Å². The third-order valence-electron chi connectivity index (χ3n) is 5.66. The average molecular weight is 489 g/mol. The summed E-state index contributed by atoms with van der Waals surface area (Å²) in [5.41, 5.74) is 0. The first-order valence-electron chi connectivity index (χ1n) is 12.7. The van der Waals surface area contributed by atoms with Gasteiger partial charge in [0.1, 0.15) is 18.3 Å². The molecule has 2 atom stereocenters. The fourth-order valence-corrected chi connectivity index (χ4v) is 3.91. The summed E-state index contributed by atoms with van der Waals surface area (Å²) >= 11 is 0. The van der Waals surface area contributed by atoms with E-state index in [4.69, 9.17) is 28.8 Å². The molecule has 1 aliphatic rings. The summed E-state index contributed by atoms with van der Waals surface area (Å²) in [7, 11) is 0. The van der Waals surface area contributed by atoms with Crippen LogP contribution in [0.2, 0.25) is 0 Å². The van der Waals surface area contributed by atoms with E-state index in [-0.39, 0.29) is 32.5 Å². The lowest BCUT2D eigenvalue weighted by atomic mass is 9.92. The van der Waals surface area contributed by atoms with Crippen LogP contribution in [0, 0.1) is 11.8 Å². The largest absolute Gasteiger partial charge is 0.508 e. The highest BCUT2D eigenvalue weighted by molar-refractivity contribution is 5.61. The van der Waals surface area contributed by atoms with Crippen molar-refractivity contribution in [3.63, 3.8) is 0 Å². The van der Waals surface area contributed by atoms with Gasteiger partial charge in [0, 0.05) is 19.3 Å². The van der Waals surface area contributed by atoms with Crippen LogP contribution in [0.3, 0.4) is 0 Å². The molecule has 1 N–H and O–H groups in total. The first kappa shape index (κ1) is 29.8. The lowest BCUT2D eigenvalue weighted by molar-refractivity contribution is -0.0739. The molecule has 1 rings (SSSR count). The highest BCUT2D eigenvalue weighted by Gasteiger charge is 2.36. The van der Waals surface area contributed by atoms with Gasteiger partial charge in [0.2, 0.25) is 0 Å². The van der Waals surface area contributed by atoms with E-state index in [0.717, 1.165) is 51.4 Å². The van der Waals surface area contributed by atoms with Crippen molar-refractivity contribution in [1.82, 2.24) is 0 Å². The Balaban J connectivity index is 2.38. The minimum Gasteiger partial charge on any atom is -0.450 e. The maximum Gasteiger partial charge on any atom is 0.508 e. The van der Waals surface area contributed by atoms with Gasteiger partial charge >= 0.3 is 18.5 Å². The standard InChI is InChI=1S/C25H44O9/c1-18(2)11-7-5-9-13-30-24(28)33-21-15-20(32-23(26)27)16-22(17-21)34-25(29)31-14-10-6-8-12-19(3)4/h18-22H,5-17H2,1-4H3,(H,26,27). The molecule has 0 bridgehead atoms. The van der Waals surface area contributed by atoms with Crippen molar-refractivity contribution in [2.45, 2.75) is 117 Å². The second kappa shape index (κ2) is 17.3. The van der Waals surface area contributed by atoms with Crippen molar-refractivity contribution in [1.29, 1.82) is 0 Å². The summed E-state index contributed by atoms with van der Waals surface area (Å²) in [6.45, 7) is 9.22. The monoisotopic (exact) mass is 488 g/mol. The Morgan fingerprint density at radius 3 is 1.38 bits per heavy atom. The topological polar surface area (TPSA) is 118 Å². The van der Waals surface area contributed by atoms with E-state index in [2.05, 4.69) is 27.7 Å². The van der Waals surface area contributed by atoms with Crippen LogP contribution >= 0.6 is 0 Å². The molecule has 9 nitrogen and oxygen atoms in total. The average Bonchev–Trinajstić information content (AvgIpc) is 2.72. The van der Waals surface area contributed by atoms with E-state index in [1.807, 2.05) is 0 Å². The maximum absolute atomic E-state index is 12.0. The highest BCUT2D eigenvalue weighted by Crippen LogP contribution is 2.27. The third-order valence-corrected chi connectivity index (χ3v) is 5.66. The molecule has 1 fully saturated rings. The molecular formula is C25H44O9. The zero-order chi connectivity index (χ0) is 25.3.